The van der Waals surface area contributed by atoms with Crippen molar-refractivity contribution < 1.29 is 0 Å². The van der Waals surface area contributed by atoms with E-state index >= 15 is 0 Å². The van der Waals surface area contributed by atoms with Gasteiger partial charge in [-0.25, -0.2) is 0 Å². The third-order valence-electron chi connectivity index (χ3n) is 3.05. The first-order valence-corrected chi connectivity index (χ1v) is 5.70. The van der Waals surface area contributed by atoms with E-state index in [-0.39, 0.29) is 0 Å². The molecule has 15 heavy (non-hydrogen) atoms. The summed E-state index contributed by atoms with van der Waals surface area (Å²) >= 11 is 0. The summed E-state index contributed by atoms with van der Waals surface area (Å²) in [5.74, 6) is 0.575. The zero-order chi connectivity index (χ0) is 11.0. The highest BCUT2D eigenvalue weighted by Gasteiger charge is 2.21. The van der Waals surface area contributed by atoms with Gasteiger partial charge in [0.25, 0.3) is 0 Å². The Balaban J connectivity index is 2.49. The predicted molar refractivity (Wildman–Crippen MR) is 66.9 cm³/mol. The van der Waals surface area contributed by atoms with Crippen LogP contribution in [0.3, 0.4) is 0 Å². The summed E-state index contributed by atoms with van der Waals surface area (Å²) in [5, 5.41) is 3.60. The summed E-state index contributed by atoms with van der Waals surface area (Å²) < 4.78 is 0. The Morgan fingerprint density at radius 1 is 1.40 bits per heavy atom. The minimum Gasteiger partial charge on any atom is -0.379 e. The van der Waals surface area contributed by atoms with Crippen LogP contribution >= 0.6 is 0 Å². The van der Waals surface area contributed by atoms with Crippen LogP contribution in [0.4, 0.5) is 11.4 Å². The van der Waals surface area contributed by atoms with Gasteiger partial charge < -0.3 is 10.2 Å². The van der Waals surface area contributed by atoms with E-state index in [0.29, 0.717) is 12.0 Å². The lowest BCUT2D eigenvalue weighted by molar-refractivity contribution is 0.729. The van der Waals surface area contributed by atoms with Crippen LogP contribution < -0.4 is 10.2 Å². The molecule has 0 aliphatic carbocycles. The maximum atomic E-state index is 3.60. The number of hydrogen-bond donors (Lipinski definition) is 1. The Kier molecular flexibility index (Phi) is 2.59. The van der Waals surface area contributed by atoms with Crippen molar-refractivity contribution in [2.75, 3.05) is 23.8 Å². The molecule has 2 heteroatoms. The molecule has 82 valence electrons. The zero-order valence-electron chi connectivity index (χ0n) is 10.0. The van der Waals surface area contributed by atoms with Crippen LogP contribution in [0.5, 0.6) is 0 Å². The molecular weight excluding hydrogens is 184 g/mol. The van der Waals surface area contributed by atoms with E-state index in [2.05, 4.69) is 56.2 Å². The predicted octanol–water partition coefficient (Wildman–Crippen LogP) is 3.06. The lowest BCUT2D eigenvalue weighted by Gasteiger charge is -2.35. The summed E-state index contributed by atoms with van der Waals surface area (Å²) in [6, 6.07) is 7.10. The van der Waals surface area contributed by atoms with E-state index in [1.807, 2.05) is 0 Å². The number of nitrogens with zero attached hydrogens (tertiary/aromatic N) is 1. The average molecular weight is 204 g/mol. The highest BCUT2D eigenvalue weighted by atomic mass is 15.2. The molecule has 2 rings (SSSR count). The van der Waals surface area contributed by atoms with Crippen LogP contribution in [0.2, 0.25) is 0 Å². The van der Waals surface area contributed by atoms with Crippen LogP contribution in [0.15, 0.2) is 18.2 Å². The highest BCUT2D eigenvalue weighted by Crippen LogP contribution is 2.36. The van der Waals surface area contributed by atoms with Crippen molar-refractivity contribution in [1.82, 2.24) is 0 Å². The molecule has 2 nitrogen and oxygen atoms in total. The molecule has 0 saturated carbocycles. The molecule has 0 radical (unpaired) electrons. The molecule has 1 N–H and O–H groups in total. The SMILES string of the molecule is CC1CN(C)c2cccc(C(C)C)c2N1. The molecule has 1 unspecified atom stereocenters. The third kappa shape index (κ3) is 1.81. The standard InChI is InChI=1S/C13H20N2/c1-9(2)11-6-5-7-12-13(11)14-10(3)8-15(12)4/h5-7,9-10,14H,8H2,1-4H3. The number of fused-ring (bicyclic) bond motifs is 1. The molecule has 0 fully saturated rings. The van der Waals surface area contributed by atoms with Gasteiger partial charge in [0, 0.05) is 19.6 Å². The number of rotatable bonds is 1. The van der Waals surface area contributed by atoms with Gasteiger partial charge in [-0.1, -0.05) is 26.0 Å². The number of likely N-dealkylation sites (N-methyl/N-ethyl adjacent to an activating group) is 1. The molecule has 1 aromatic rings. The maximum absolute atomic E-state index is 3.60. The lowest BCUT2D eigenvalue weighted by atomic mass is 9.97. The molecule has 0 spiro atoms. The van der Waals surface area contributed by atoms with Crippen molar-refractivity contribution in [3.8, 4) is 0 Å². The van der Waals surface area contributed by atoms with Gasteiger partial charge in [0.2, 0.25) is 0 Å². The van der Waals surface area contributed by atoms with Crippen LogP contribution in [-0.2, 0) is 0 Å². The monoisotopic (exact) mass is 204 g/mol. The van der Waals surface area contributed by atoms with Gasteiger partial charge in [-0.05, 0) is 24.5 Å². The van der Waals surface area contributed by atoms with E-state index < -0.39 is 0 Å². The number of nitrogens with one attached hydrogen (secondary N) is 1. The molecule has 1 atom stereocenters. The first-order valence-electron chi connectivity index (χ1n) is 5.70. The van der Waals surface area contributed by atoms with Crippen molar-refractivity contribution in [3.05, 3.63) is 23.8 Å². The summed E-state index contributed by atoms with van der Waals surface area (Å²) in [7, 11) is 2.17. The molecule has 0 amide bonds. The molecule has 0 aromatic heterocycles. The molecule has 1 heterocycles. The van der Waals surface area contributed by atoms with Crippen LogP contribution in [0.25, 0.3) is 0 Å². The number of hydrogen-bond acceptors (Lipinski definition) is 2. The van der Waals surface area contributed by atoms with Crippen LogP contribution in [0.1, 0.15) is 32.3 Å². The van der Waals surface area contributed by atoms with Gasteiger partial charge in [-0.3, -0.25) is 0 Å². The van der Waals surface area contributed by atoms with Crippen molar-refractivity contribution in [2.24, 2.45) is 0 Å². The van der Waals surface area contributed by atoms with E-state index in [1.54, 1.807) is 0 Å². The Hall–Kier alpha value is -1.18. The van der Waals surface area contributed by atoms with Crippen molar-refractivity contribution in [1.29, 1.82) is 0 Å². The number of para-hydroxylation sites is 1. The van der Waals surface area contributed by atoms with Crippen LogP contribution in [0, 0.1) is 0 Å². The molecule has 1 aromatic carbocycles. The Bertz CT molecular complexity index is 343. The first kappa shape index (κ1) is 10.3. The topological polar surface area (TPSA) is 15.3 Å². The highest BCUT2D eigenvalue weighted by molar-refractivity contribution is 5.76. The van der Waals surface area contributed by atoms with Crippen molar-refractivity contribution in [2.45, 2.75) is 32.7 Å². The summed E-state index contributed by atoms with van der Waals surface area (Å²) in [5.41, 5.74) is 4.08. The fourth-order valence-electron chi connectivity index (χ4n) is 2.32. The van der Waals surface area contributed by atoms with Crippen LogP contribution in [-0.4, -0.2) is 19.6 Å². The van der Waals surface area contributed by atoms with Gasteiger partial charge in [-0.15, -0.1) is 0 Å². The fourth-order valence-corrected chi connectivity index (χ4v) is 2.32. The van der Waals surface area contributed by atoms with Crippen molar-refractivity contribution in [3.63, 3.8) is 0 Å². The quantitative estimate of drug-likeness (QED) is 0.756. The average Bonchev–Trinajstić information content (AvgIpc) is 2.16. The molecule has 0 bridgehead atoms. The fraction of sp³-hybridized carbons (Fsp3) is 0.538. The Labute approximate surface area is 92.3 Å². The van der Waals surface area contributed by atoms with Gasteiger partial charge in [0.05, 0.1) is 11.4 Å². The summed E-state index contributed by atoms with van der Waals surface area (Å²) in [6.07, 6.45) is 0. The Morgan fingerprint density at radius 2 is 2.13 bits per heavy atom. The number of benzene rings is 1. The van der Waals surface area contributed by atoms with Gasteiger partial charge in [-0.2, -0.15) is 0 Å². The van der Waals surface area contributed by atoms with Gasteiger partial charge in [0.15, 0.2) is 0 Å². The second-order valence-corrected chi connectivity index (χ2v) is 4.82. The largest absolute Gasteiger partial charge is 0.379 e. The molecule has 0 saturated heterocycles. The normalized spacial score (nSPS) is 20.1. The van der Waals surface area contributed by atoms with E-state index in [9.17, 15) is 0 Å². The third-order valence-corrected chi connectivity index (χ3v) is 3.05. The summed E-state index contributed by atoms with van der Waals surface area (Å²) in [4.78, 5) is 2.34. The minimum absolute atomic E-state index is 0.530. The first-order chi connectivity index (χ1) is 7.09. The summed E-state index contributed by atoms with van der Waals surface area (Å²) in [6.45, 7) is 7.80. The lowest BCUT2D eigenvalue weighted by Crippen LogP contribution is -2.37. The second-order valence-electron chi connectivity index (χ2n) is 4.82. The van der Waals surface area contributed by atoms with E-state index in [0.717, 1.165) is 6.54 Å². The number of anilines is 2. The Morgan fingerprint density at radius 3 is 2.80 bits per heavy atom. The molecule has 1 aliphatic heterocycles. The zero-order valence-corrected chi connectivity index (χ0v) is 10.0. The van der Waals surface area contributed by atoms with Gasteiger partial charge >= 0.3 is 0 Å². The second kappa shape index (κ2) is 3.76. The molecular formula is C13H20N2. The van der Waals surface area contributed by atoms with Crippen molar-refractivity contribution >= 4 is 11.4 Å². The van der Waals surface area contributed by atoms with E-state index in [4.69, 9.17) is 0 Å². The molecule has 1 aliphatic rings. The minimum atomic E-state index is 0.530. The van der Waals surface area contributed by atoms with Gasteiger partial charge in [0.1, 0.15) is 0 Å². The smallest absolute Gasteiger partial charge is 0.0615 e. The van der Waals surface area contributed by atoms with E-state index in [1.165, 1.54) is 16.9 Å². The maximum Gasteiger partial charge on any atom is 0.0615 e.